The minimum Gasteiger partial charge on any atom is -0.397 e. The van der Waals surface area contributed by atoms with Crippen LogP contribution < -0.4 is 21.5 Å². The molecule has 1 aliphatic heterocycles. The molecular formula is C23H33ClN6OS2. The summed E-state index contributed by atoms with van der Waals surface area (Å²) in [5.41, 5.74) is 13.0. The number of benzene rings is 1. The molecule has 1 saturated heterocycles. The molecule has 6 N–H and O–H groups in total. The van der Waals surface area contributed by atoms with E-state index in [1.54, 1.807) is 12.3 Å². The smallest absolute Gasteiger partial charge is 0.158 e. The summed E-state index contributed by atoms with van der Waals surface area (Å²) >= 11 is 7.68. The molecule has 4 rings (SSSR count). The third-order valence-electron chi connectivity index (χ3n) is 7.41. The topological polar surface area (TPSA) is 124 Å². The van der Waals surface area contributed by atoms with E-state index in [-0.39, 0.29) is 4.75 Å². The average Bonchev–Trinajstić information content (AvgIpc) is 3.14. The molecule has 33 heavy (non-hydrogen) atoms. The SMILES string of the molecule is CC(C)(C[C@H]1CCCC12CCN(c1cnc(Sc3cccc(N)c3Cl)c(N)n1)CC2)S(N)=O. The maximum Gasteiger partial charge on any atom is 0.158 e. The largest absolute Gasteiger partial charge is 0.397 e. The average molecular weight is 509 g/mol. The molecule has 180 valence electrons. The summed E-state index contributed by atoms with van der Waals surface area (Å²) in [6, 6.07) is 5.51. The van der Waals surface area contributed by atoms with E-state index in [4.69, 9.17) is 28.2 Å². The van der Waals surface area contributed by atoms with Crippen molar-refractivity contribution in [2.75, 3.05) is 29.5 Å². The molecule has 1 aromatic heterocycles. The van der Waals surface area contributed by atoms with E-state index in [2.05, 4.69) is 14.9 Å². The van der Waals surface area contributed by atoms with Gasteiger partial charge >= 0.3 is 0 Å². The second-order valence-corrected chi connectivity index (χ2v) is 13.0. The molecule has 0 radical (unpaired) electrons. The summed E-state index contributed by atoms with van der Waals surface area (Å²) in [7, 11) is -1.31. The third kappa shape index (κ3) is 5.11. The van der Waals surface area contributed by atoms with Gasteiger partial charge in [0.1, 0.15) is 10.8 Å². The van der Waals surface area contributed by atoms with E-state index >= 15 is 0 Å². The molecule has 1 aromatic carbocycles. The highest BCUT2D eigenvalue weighted by atomic mass is 35.5. The van der Waals surface area contributed by atoms with E-state index in [1.807, 2.05) is 26.0 Å². The minimum absolute atomic E-state index is 0.311. The number of hydrogen-bond donors (Lipinski definition) is 3. The van der Waals surface area contributed by atoms with Crippen LogP contribution >= 0.6 is 23.4 Å². The van der Waals surface area contributed by atoms with Crippen LogP contribution in [0, 0.1) is 11.3 Å². The van der Waals surface area contributed by atoms with Crippen molar-refractivity contribution in [3.8, 4) is 0 Å². The third-order valence-corrected chi connectivity index (χ3v) is 10.3. The normalized spacial score (nSPS) is 21.5. The predicted octanol–water partition coefficient (Wildman–Crippen LogP) is 4.62. The van der Waals surface area contributed by atoms with Crippen LogP contribution in [-0.2, 0) is 11.0 Å². The maximum absolute atomic E-state index is 12.0. The molecule has 7 nitrogen and oxygen atoms in total. The highest BCUT2D eigenvalue weighted by Gasteiger charge is 2.47. The monoisotopic (exact) mass is 508 g/mol. The van der Waals surface area contributed by atoms with E-state index < -0.39 is 11.0 Å². The molecule has 2 aromatic rings. The zero-order valence-corrected chi connectivity index (χ0v) is 21.6. The number of rotatable bonds is 6. The van der Waals surface area contributed by atoms with Crippen LogP contribution in [0.4, 0.5) is 17.3 Å². The van der Waals surface area contributed by atoms with Gasteiger partial charge in [-0.1, -0.05) is 35.9 Å². The molecule has 2 fully saturated rings. The van der Waals surface area contributed by atoms with Crippen LogP contribution in [0.1, 0.15) is 52.4 Å². The molecule has 2 aliphatic rings. The Bertz CT molecular complexity index is 1040. The molecule has 1 spiro atoms. The van der Waals surface area contributed by atoms with E-state index in [1.165, 1.54) is 31.0 Å². The van der Waals surface area contributed by atoms with Crippen molar-refractivity contribution in [3.05, 3.63) is 29.4 Å². The van der Waals surface area contributed by atoms with Crippen molar-refractivity contribution in [3.63, 3.8) is 0 Å². The van der Waals surface area contributed by atoms with E-state index in [0.717, 1.165) is 43.1 Å². The fourth-order valence-electron chi connectivity index (χ4n) is 5.37. The van der Waals surface area contributed by atoms with Gasteiger partial charge in [0.25, 0.3) is 0 Å². The van der Waals surface area contributed by atoms with E-state index in [9.17, 15) is 4.21 Å². The van der Waals surface area contributed by atoms with Crippen LogP contribution in [0.3, 0.4) is 0 Å². The molecule has 2 atom stereocenters. The van der Waals surface area contributed by atoms with Gasteiger partial charge in [-0.2, -0.15) is 0 Å². The molecule has 1 unspecified atom stereocenters. The minimum atomic E-state index is -1.31. The van der Waals surface area contributed by atoms with Crippen molar-refractivity contribution in [1.82, 2.24) is 9.97 Å². The van der Waals surface area contributed by atoms with Gasteiger partial charge in [0.05, 0.1) is 32.6 Å². The van der Waals surface area contributed by atoms with Crippen molar-refractivity contribution < 1.29 is 4.21 Å². The number of hydrogen-bond acceptors (Lipinski definition) is 7. The summed E-state index contributed by atoms with van der Waals surface area (Å²) in [6.45, 7) is 5.90. The Labute approximate surface area is 207 Å². The van der Waals surface area contributed by atoms with Gasteiger partial charge in [-0.3, -0.25) is 5.14 Å². The molecule has 2 heterocycles. The Kier molecular flexibility index (Phi) is 7.15. The predicted molar refractivity (Wildman–Crippen MR) is 139 cm³/mol. The van der Waals surface area contributed by atoms with Gasteiger partial charge in [-0.25, -0.2) is 14.2 Å². The highest BCUT2D eigenvalue weighted by Crippen LogP contribution is 2.53. The molecule has 0 bridgehead atoms. The van der Waals surface area contributed by atoms with Crippen LogP contribution in [-0.4, -0.2) is 32.0 Å². The Balaban J connectivity index is 1.43. The summed E-state index contributed by atoms with van der Waals surface area (Å²) in [5, 5.41) is 6.90. The number of aromatic nitrogens is 2. The molecule has 1 saturated carbocycles. The Morgan fingerprint density at radius 2 is 2.00 bits per heavy atom. The van der Waals surface area contributed by atoms with Gasteiger partial charge in [-0.05, 0) is 69.4 Å². The summed E-state index contributed by atoms with van der Waals surface area (Å²) in [6.07, 6.45) is 8.59. The first kappa shape index (κ1) is 24.6. The van der Waals surface area contributed by atoms with E-state index in [0.29, 0.717) is 32.9 Å². The van der Waals surface area contributed by atoms with Gasteiger partial charge in [0, 0.05) is 18.0 Å². The van der Waals surface area contributed by atoms with Gasteiger partial charge < -0.3 is 16.4 Å². The lowest BCUT2D eigenvalue weighted by molar-refractivity contribution is 0.134. The zero-order chi connectivity index (χ0) is 23.8. The van der Waals surface area contributed by atoms with Gasteiger partial charge in [-0.15, -0.1) is 0 Å². The zero-order valence-electron chi connectivity index (χ0n) is 19.2. The second-order valence-electron chi connectivity index (χ2n) is 9.88. The number of piperidine rings is 1. The fourth-order valence-corrected chi connectivity index (χ4v) is 6.79. The highest BCUT2D eigenvalue weighted by molar-refractivity contribution is 7.99. The fraction of sp³-hybridized carbons (Fsp3) is 0.565. The van der Waals surface area contributed by atoms with Gasteiger partial charge in [0.2, 0.25) is 0 Å². The van der Waals surface area contributed by atoms with Crippen molar-refractivity contribution in [2.24, 2.45) is 16.5 Å². The van der Waals surface area contributed by atoms with Crippen LogP contribution in [0.2, 0.25) is 5.02 Å². The summed E-state index contributed by atoms with van der Waals surface area (Å²) < 4.78 is 11.7. The Morgan fingerprint density at radius 3 is 2.67 bits per heavy atom. The van der Waals surface area contributed by atoms with Crippen LogP contribution in [0.25, 0.3) is 0 Å². The number of anilines is 3. The molecule has 1 aliphatic carbocycles. The number of nitrogens with zero attached hydrogens (tertiary/aromatic N) is 3. The second kappa shape index (κ2) is 9.60. The molecule has 0 amide bonds. The van der Waals surface area contributed by atoms with Gasteiger partial charge in [0.15, 0.2) is 5.82 Å². The van der Waals surface area contributed by atoms with Crippen LogP contribution in [0.5, 0.6) is 0 Å². The first-order valence-electron chi connectivity index (χ1n) is 11.4. The lowest BCUT2D eigenvalue weighted by Gasteiger charge is -2.45. The summed E-state index contributed by atoms with van der Waals surface area (Å²) in [5.74, 6) is 1.77. The Hall–Kier alpha value is -1.55. The maximum atomic E-state index is 12.0. The van der Waals surface area contributed by atoms with Crippen molar-refractivity contribution >= 4 is 51.7 Å². The van der Waals surface area contributed by atoms with Crippen molar-refractivity contribution in [2.45, 2.75) is 67.0 Å². The first-order valence-corrected chi connectivity index (χ1v) is 13.8. The lowest BCUT2D eigenvalue weighted by Crippen LogP contribution is -2.45. The first-order chi connectivity index (χ1) is 15.6. The number of halogens is 1. The molecule has 10 heteroatoms. The quantitative estimate of drug-likeness (QED) is 0.486. The molecular weight excluding hydrogens is 476 g/mol. The number of nitrogens with two attached hydrogens (primary N) is 3. The lowest BCUT2D eigenvalue weighted by atomic mass is 9.68. The number of nitrogen functional groups attached to an aromatic ring is 2. The summed E-state index contributed by atoms with van der Waals surface area (Å²) in [4.78, 5) is 12.3. The van der Waals surface area contributed by atoms with Crippen LogP contribution in [0.15, 0.2) is 34.3 Å². The standard InChI is InChI=1S/C23H33ClN6OS2/c1-22(2,33(27)31)13-15-5-4-8-23(15)9-11-30(12-10-23)18-14-28-21(20(26)29-18)32-17-7-3-6-16(25)19(17)24/h3,6-7,14-15H,4-5,8-13,25,27H2,1-2H3,(H2,26,29)/t15-,33?/m1/s1. The van der Waals surface area contributed by atoms with Crippen molar-refractivity contribution in [1.29, 1.82) is 0 Å². The Morgan fingerprint density at radius 1 is 1.27 bits per heavy atom.